The summed E-state index contributed by atoms with van der Waals surface area (Å²) in [6, 6.07) is -1.71. The van der Waals surface area contributed by atoms with Crippen molar-refractivity contribution in [3.63, 3.8) is 0 Å². The normalized spacial score (nSPS) is 18.1. The average Bonchev–Trinajstić information content (AvgIpc) is 3.50. The Labute approximate surface area is 272 Å². The van der Waals surface area contributed by atoms with Crippen LogP contribution in [0.2, 0.25) is 0 Å². The number of hydrogen-bond acceptors (Lipinski definition) is 9. The second-order valence-electron chi connectivity index (χ2n) is 12.3. The van der Waals surface area contributed by atoms with Crippen LogP contribution in [0.25, 0.3) is 0 Å². The first-order valence-corrected chi connectivity index (χ1v) is 17.4. The molecule has 1 saturated heterocycles. The Morgan fingerprint density at radius 1 is 1.13 bits per heavy atom. The molecule has 3 N–H and O–H groups in total. The smallest absolute Gasteiger partial charge is 0.407 e. The third-order valence-corrected chi connectivity index (χ3v) is 9.35. The lowest BCUT2D eigenvalue weighted by Crippen LogP contribution is -2.58. The lowest BCUT2D eigenvalue weighted by molar-refractivity contribution is -0.212. The molecule has 1 aromatic heterocycles. The van der Waals surface area contributed by atoms with Gasteiger partial charge in [-0.3, -0.25) is 19.3 Å². The number of unbranched alkanes of at least 4 members (excludes halogenated alkanes) is 3. The van der Waals surface area contributed by atoms with Crippen molar-refractivity contribution >= 4 is 35.2 Å². The molecule has 256 valence electrons. The van der Waals surface area contributed by atoms with Gasteiger partial charge in [0, 0.05) is 18.3 Å². The minimum absolute atomic E-state index is 0.120. The zero-order chi connectivity index (χ0) is 33.5. The number of ether oxygens (including phenoxy) is 1. The number of likely N-dealkylation sites (N-methyl/N-ethyl adjacent to an activating group) is 1. The Hall–Kier alpha value is -2.77. The second kappa shape index (κ2) is 19.7. The van der Waals surface area contributed by atoms with E-state index in [9.17, 15) is 24.3 Å². The Balaban J connectivity index is 2.46. The first-order valence-electron chi connectivity index (χ1n) is 16.5. The van der Waals surface area contributed by atoms with E-state index >= 15 is 0 Å². The molecule has 12 nitrogen and oxygen atoms in total. The van der Waals surface area contributed by atoms with Gasteiger partial charge in [-0.25, -0.2) is 19.6 Å². The van der Waals surface area contributed by atoms with Gasteiger partial charge in [0.1, 0.15) is 11.0 Å². The number of rotatable bonds is 19. The zero-order valence-corrected chi connectivity index (χ0v) is 29.0. The summed E-state index contributed by atoms with van der Waals surface area (Å²) in [6.45, 7) is 13.2. The quantitative estimate of drug-likeness (QED) is 0.132. The highest BCUT2D eigenvalue weighted by Crippen LogP contribution is 2.32. The van der Waals surface area contributed by atoms with Crippen LogP contribution in [0.4, 0.5) is 4.79 Å². The molecule has 1 fully saturated rings. The summed E-state index contributed by atoms with van der Waals surface area (Å²) in [5.74, 6) is -2.03. The van der Waals surface area contributed by atoms with E-state index in [2.05, 4.69) is 22.5 Å². The van der Waals surface area contributed by atoms with Crippen LogP contribution in [0.15, 0.2) is 5.38 Å². The first kappa shape index (κ1) is 38.4. The highest BCUT2D eigenvalue weighted by molar-refractivity contribution is 7.09. The molecule has 1 aliphatic heterocycles. The summed E-state index contributed by atoms with van der Waals surface area (Å²) in [5, 5.41) is 18.3. The minimum Gasteiger partial charge on any atom is -0.476 e. The van der Waals surface area contributed by atoms with E-state index in [1.807, 2.05) is 39.6 Å². The predicted octanol–water partition coefficient (Wildman–Crippen LogP) is 5.40. The minimum atomic E-state index is -1.18. The summed E-state index contributed by atoms with van der Waals surface area (Å²) in [6.07, 6.45) is 5.71. The second-order valence-corrected chi connectivity index (χ2v) is 13.2. The monoisotopic (exact) mass is 653 g/mol. The van der Waals surface area contributed by atoms with Crippen LogP contribution in [0.3, 0.4) is 0 Å². The molecule has 2 rings (SSSR count). The van der Waals surface area contributed by atoms with Gasteiger partial charge < -0.3 is 20.5 Å². The first-order chi connectivity index (χ1) is 21.4. The van der Waals surface area contributed by atoms with Gasteiger partial charge in [-0.15, -0.1) is 11.3 Å². The number of nitrogens with zero attached hydrogens (tertiary/aromatic N) is 3. The molecule has 0 radical (unpaired) electrons. The fraction of sp³-hybridized carbons (Fsp3) is 0.781. The van der Waals surface area contributed by atoms with Gasteiger partial charge in [-0.05, 0) is 51.6 Å². The van der Waals surface area contributed by atoms with Crippen molar-refractivity contribution in [3.8, 4) is 0 Å². The van der Waals surface area contributed by atoms with E-state index in [0.717, 1.165) is 62.8 Å². The Morgan fingerprint density at radius 2 is 1.87 bits per heavy atom. The number of hydrogen-bond donors (Lipinski definition) is 3. The van der Waals surface area contributed by atoms with Crippen LogP contribution in [0.1, 0.15) is 121 Å². The molecule has 3 amide bonds. The Kier molecular flexibility index (Phi) is 16.8. The Morgan fingerprint density at radius 3 is 2.44 bits per heavy atom. The van der Waals surface area contributed by atoms with Crippen molar-refractivity contribution in [2.75, 3.05) is 26.7 Å². The largest absolute Gasteiger partial charge is 0.476 e. The number of alkyl carbamates (subject to hydrolysis) is 1. The molecule has 5 atom stereocenters. The van der Waals surface area contributed by atoms with Crippen LogP contribution in [-0.4, -0.2) is 88.8 Å². The van der Waals surface area contributed by atoms with Crippen LogP contribution >= 0.6 is 11.3 Å². The molecule has 0 aliphatic carbocycles. The Bertz CT molecular complexity index is 1080. The number of carbonyl (C=O) groups is 4. The van der Waals surface area contributed by atoms with Crippen molar-refractivity contribution < 1.29 is 33.9 Å². The molecule has 45 heavy (non-hydrogen) atoms. The van der Waals surface area contributed by atoms with Gasteiger partial charge in [0.25, 0.3) is 5.91 Å². The fourth-order valence-electron chi connectivity index (χ4n) is 5.40. The third kappa shape index (κ3) is 11.8. The number of hydroxylamine groups is 2. The van der Waals surface area contributed by atoms with E-state index in [1.54, 1.807) is 6.92 Å². The van der Waals surface area contributed by atoms with Crippen molar-refractivity contribution in [1.29, 1.82) is 0 Å². The summed E-state index contributed by atoms with van der Waals surface area (Å²) in [5.41, 5.74) is -0.145. The number of amides is 3. The standard InChI is InChI=1S/C32H55N5O7S/c1-8-11-12-15-18-43-37(30(39)27(22(6)9-2)35-28(38)24-16-13-14-17-36(24)7)25(21(4)5)19-26(44-32(42)33-10-3)29-34-23(20-45-29)31(40)41/h20-22,24-27H,8-19H2,1-7H3,(H,33,42)(H,35,38)(H,40,41)/t22-,24+,25+,26+,27-/m0/s1. The van der Waals surface area contributed by atoms with Gasteiger partial charge in [0.15, 0.2) is 11.8 Å². The number of carboxylic acid groups (broad SMARTS) is 1. The number of carbonyl (C=O) groups excluding carboxylic acids is 3. The van der Waals surface area contributed by atoms with E-state index in [4.69, 9.17) is 9.57 Å². The molecule has 0 aromatic carbocycles. The van der Waals surface area contributed by atoms with E-state index in [0.29, 0.717) is 24.6 Å². The van der Waals surface area contributed by atoms with Crippen LogP contribution in [0.5, 0.6) is 0 Å². The highest BCUT2D eigenvalue weighted by atomic mass is 32.1. The lowest BCUT2D eigenvalue weighted by atomic mass is 9.93. The number of aromatic nitrogens is 1. The fourth-order valence-corrected chi connectivity index (χ4v) is 6.23. The topological polar surface area (TPSA) is 150 Å². The van der Waals surface area contributed by atoms with E-state index < -0.39 is 30.3 Å². The molecule has 0 spiro atoms. The van der Waals surface area contributed by atoms with Crippen molar-refractivity contribution in [2.45, 2.75) is 124 Å². The maximum absolute atomic E-state index is 14.5. The number of aromatic carboxylic acids is 1. The van der Waals surface area contributed by atoms with Crippen LogP contribution in [0, 0.1) is 11.8 Å². The summed E-state index contributed by atoms with van der Waals surface area (Å²) in [7, 11) is 1.94. The van der Waals surface area contributed by atoms with Crippen molar-refractivity contribution in [1.82, 2.24) is 25.6 Å². The zero-order valence-electron chi connectivity index (χ0n) is 28.2. The average molecular weight is 654 g/mol. The van der Waals surface area contributed by atoms with E-state index in [1.165, 1.54) is 10.4 Å². The number of piperidine rings is 1. The molecule has 0 bridgehead atoms. The van der Waals surface area contributed by atoms with Crippen molar-refractivity contribution in [3.05, 3.63) is 16.1 Å². The summed E-state index contributed by atoms with van der Waals surface area (Å²) >= 11 is 1.08. The number of nitrogens with one attached hydrogen (secondary N) is 2. The predicted molar refractivity (Wildman–Crippen MR) is 174 cm³/mol. The van der Waals surface area contributed by atoms with E-state index in [-0.39, 0.29) is 41.8 Å². The van der Waals surface area contributed by atoms with Gasteiger partial charge in [-0.1, -0.05) is 66.7 Å². The van der Waals surface area contributed by atoms with Gasteiger partial charge in [-0.2, -0.15) is 0 Å². The molecule has 2 heterocycles. The highest BCUT2D eigenvalue weighted by Gasteiger charge is 2.40. The molecular weight excluding hydrogens is 598 g/mol. The SMILES string of the molecule is CCCCCCON(C(=O)[C@@H](NC(=O)[C@H]1CCCCN1C)[C@@H](C)CC)[C@H](C[C@@H](OC(=O)NCC)c1nc(C(=O)O)cs1)C(C)C. The van der Waals surface area contributed by atoms with Crippen LogP contribution < -0.4 is 10.6 Å². The molecule has 1 aliphatic rings. The maximum Gasteiger partial charge on any atom is 0.407 e. The maximum atomic E-state index is 14.5. The summed E-state index contributed by atoms with van der Waals surface area (Å²) < 4.78 is 5.76. The molecule has 0 saturated carbocycles. The number of thiazole rings is 1. The summed E-state index contributed by atoms with van der Waals surface area (Å²) in [4.78, 5) is 64.8. The van der Waals surface area contributed by atoms with Crippen LogP contribution in [-0.2, 0) is 19.2 Å². The molecule has 1 aromatic rings. The molecular formula is C32H55N5O7S. The van der Waals surface area contributed by atoms with Gasteiger partial charge >= 0.3 is 12.1 Å². The number of carboxylic acids is 1. The van der Waals surface area contributed by atoms with Gasteiger partial charge in [0.05, 0.1) is 18.7 Å². The molecule has 13 heteroatoms. The molecule has 0 unspecified atom stereocenters. The van der Waals surface area contributed by atoms with Gasteiger partial charge in [0.2, 0.25) is 5.91 Å². The lowest BCUT2D eigenvalue weighted by Gasteiger charge is -2.39. The van der Waals surface area contributed by atoms with Crippen molar-refractivity contribution in [2.24, 2.45) is 11.8 Å². The number of likely N-dealkylation sites (tertiary alicyclic amines) is 1. The third-order valence-electron chi connectivity index (χ3n) is 8.41.